The first-order chi connectivity index (χ1) is 14.0. The Morgan fingerprint density at radius 3 is 2.80 bits per heavy atom. The number of benzene rings is 1. The first kappa shape index (κ1) is 24.2. The van der Waals surface area contributed by atoms with Crippen LogP contribution >= 0.6 is 24.0 Å². The Morgan fingerprint density at radius 2 is 2.10 bits per heavy atom. The number of pyridine rings is 1. The van der Waals surface area contributed by atoms with Crippen molar-refractivity contribution in [3.05, 3.63) is 53.5 Å². The van der Waals surface area contributed by atoms with Gasteiger partial charge in [-0.15, -0.1) is 24.0 Å². The van der Waals surface area contributed by atoms with E-state index in [4.69, 9.17) is 0 Å². The van der Waals surface area contributed by atoms with Crippen LogP contribution in [0.4, 0.5) is 15.9 Å². The van der Waals surface area contributed by atoms with Crippen molar-refractivity contribution in [2.75, 3.05) is 44.0 Å². The van der Waals surface area contributed by atoms with Crippen LogP contribution in [0.25, 0.3) is 0 Å². The fourth-order valence-electron chi connectivity index (χ4n) is 3.66. The molecule has 0 saturated carbocycles. The molecule has 1 atom stereocenters. The molecule has 0 spiro atoms. The normalized spacial score (nSPS) is 16.6. The molecule has 2 heterocycles. The number of aryl methyl sites for hydroxylation is 1. The third-order valence-electron chi connectivity index (χ3n) is 5.17. The number of nitrogens with zero attached hydrogens (tertiary/aromatic N) is 4. The van der Waals surface area contributed by atoms with Gasteiger partial charge in [0.05, 0.1) is 12.2 Å². The number of aliphatic imine (C=N–C) groups is 1. The van der Waals surface area contributed by atoms with Gasteiger partial charge in [0, 0.05) is 46.0 Å². The number of rotatable bonds is 5. The third-order valence-corrected chi connectivity index (χ3v) is 5.17. The molecule has 1 fully saturated rings. The first-order valence-electron chi connectivity index (χ1n) is 10.1. The maximum atomic E-state index is 13.4. The van der Waals surface area contributed by atoms with Crippen LogP contribution in [0.3, 0.4) is 0 Å². The van der Waals surface area contributed by atoms with Crippen LogP contribution in [0.1, 0.15) is 24.1 Å². The van der Waals surface area contributed by atoms with Crippen LogP contribution in [0, 0.1) is 12.7 Å². The third kappa shape index (κ3) is 6.45. The molecule has 1 aromatic heterocycles. The monoisotopic (exact) mass is 526 g/mol. The highest BCUT2D eigenvalue weighted by molar-refractivity contribution is 14.0. The van der Waals surface area contributed by atoms with Crippen LogP contribution in [-0.4, -0.2) is 51.2 Å². The van der Waals surface area contributed by atoms with E-state index in [0.29, 0.717) is 6.54 Å². The summed E-state index contributed by atoms with van der Waals surface area (Å²) in [5, 5.41) is 6.89. The lowest BCUT2D eigenvalue weighted by atomic mass is 10.0. The number of hydrogen-bond donors (Lipinski definition) is 2. The highest BCUT2D eigenvalue weighted by Crippen LogP contribution is 2.24. The number of hydrogen-bond acceptors (Lipinski definition) is 4. The average Bonchev–Trinajstić information content (AvgIpc) is 2.71. The van der Waals surface area contributed by atoms with Crippen LogP contribution in [0.2, 0.25) is 0 Å². The Kier molecular flexibility index (Phi) is 9.13. The van der Waals surface area contributed by atoms with Crippen molar-refractivity contribution >= 4 is 41.4 Å². The summed E-state index contributed by atoms with van der Waals surface area (Å²) in [5.41, 5.74) is 3.04. The van der Waals surface area contributed by atoms with E-state index in [1.807, 2.05) is 50.2 Å². The summed E-state index contributed by atoms with van der Waals surface area (Å²) in [4.78, 5) is 13.3. The Labute approximate surface area is 196 Å². The van der Waals surface area contributed by atoms with E-state index in [-0.39, 0.29) is 35.8 Å². The second-order valence-corrected chi connectivity index (χ2v) is 7.67. The van der Waals surface area contributed by atoms with Gasteiger partial charge in [-0.05, 0) is 55.7 Å². The predicted octanol–water partition coefficient (Wildman–Crippen LogP) is 3.55. The average molecular weight is 526 g/mol. The van der Waals surface area contributed by atoms with Crippen molar-refractivity contribution in [2.24, 2.45) is 4.99 Å². The van der Waals surface area contributed by atoms with Crippen LogP contribution in [-0.2, 0) is 6.54 Å². The van der Waals surface area contributed by atoms with Crippen molar-refractivity contribution in [3.8, 4) is 0 Å². The van der Waals surface area contributed by atoms with Gasteiger partial charge in [0.1, 0.15) is 11.6 Å². The number of piperidine rings is 1. The summed E-state index contributed by atoms with van der Waals surface area (Å²) < 4.78 is 13.4. The molecule has 0 radical (unpaired) electrons. The van der Waals surface area contributed by atoms with Gasteiger partial charge >= 0.3 is 0 Å². The summed E-state index contributed by atoms with van der Waals surface area (Å²) >= 11 is 0. The predicted molar refractivity (Wildman–Crippen MR) is 134 cm³/mol. The molecule has 1 saturated heterocycles. The van der Waals surface area contributed by atoms with E-state index in [9.17, 15) is 4.39 Å². The van der Waals surface area contributed by atoms with Crippen molar-refractivity contribution in [1.29, 1.82) is 0 Å². The molecular weight excluding hydrogens is 494 g/mol. The highest BCUT2D eigenvalue weighted by Gasteiger charge is 2.22. The molecule has 0 aliphatic carbocycles. The van der Waals surface area contributed by atoms with Crippen molar-refractivity contribution in [1.82, 2.24) is 15.6 Å². The zero-order chi connectivity index (χ0) is 20.8. The Hall–Kier alpha value is -2.10. The molecule has 1 aliphatic heterocycles. The van der Waals surface area contributed by atoms with E-state index < -0.39 is 0 Å². The van der Waals surface area contributed by atoms with Gasteiger partial charge < -0.3 is 20.4 Å². The van der Waals surface area contributed by atoms with Crippen LogP contribution in [0.15, 0.2) is 41.4 Å². The van der Waals surface area contributed by atoms with Crippen LogP contribution < -0.4 is 20.4 Å². The van der Waals surface area contributed by atoms with Gasteiger partial charge in [0.2, 0.25) is 0 Å². The molecule has 3 rings (SSSR count). The van der Waals surface area contributed by atoms with E-state index >= 15 is 0 Å². The quantitative estimate of drug-likeness (QED) is 0.355. The molecule has 1 aliphatic rings. The molecule has 1 aromatic carbocycles. The Balaban J connectivity index is 0.00000320. The molecule has 0 bridgehead atoms. The van der Waals surface area contributed by atoms with E-state index in [1.54, 1.807) is 13.1 Å². The number of anilines is 2. The topological polar surface area (TPSA) is 55.8 Å². The zero-order valence-electron chi connectivity index (χ0n) is 18.2. The van der Waals surface area contributed by atoms with Crippen molar-refractivity contribution in [3.63, 3.8) is 0 Å². The van der Waals surface area contributed by atoms with Gasteiger partial charge in [0.25, 0.3) is 0 Å². The number of guanidine groups is 1. The summed E-state index contributed by atoms with van der Waals surface area (Å²) in [6.45, 7) is 4.42. The van der Waals surface area contributed by atoms with Gasteiger partial charge in [-0.3, -0.25) is 4.99 Å². The summed E-state index contributed by atoms with van der Waals surface area (Å²) in [7, 11) is 5.75. The second kappa shape index (κ2) is 11.3. The number of nitrogens with one attached hydrogen (secondary N) is 2. The van der Waals surface area contributed by atoms with Gasteiger partial charge in [-0.2, -0.15) is 0 Å². The highest BCUT2D eigenvalue weighted by atomic mass is 127. The first-order valence-corrected chi connectivity index (χ1v) is 10.1. The molecule has 6 nitrogen and oxygen atoms in total. The molecule has 2 aromatic rings. The molecular formula is C22H32FIN6. The maximum absolute atomic E-state index is 13.4. The fourth-order valence-corrected chi connectivity index (χ4v) is 3.66. The number of halogens is 2. The molecule has 30 heavy (non-hydrogen) atoms. The lowest BCUT2D eigenvalue weighted by molar-refractivity contribution is 0.467. The summed E-state index contributed by atoms with van der Waals surface area (Å²) in [5.74, 6) is 1.52. The maximum Gasteiger partial charge on any atom is 0.191 e. The minimum absolute atomic E-state index is 0. The van der Waals surface area contributed by atoms with Crippen molar-refractivity contribution in [2.45, 2.75) is 32.4 Å². The van der Waals surface area contributed by atoms with Gasteiger partial charge in [0.15, 0.2) is 5.96 Å². The standard InChI is InChI=1S/C22H31FN6.HI/c1-16-13-17(23)10-11-20(16)29-12-6-8-19(15-29)27-22(24-2)25-14-18-7-5-9-21(26-18)28(3)4;/h5,7,9-11,13,19H,6,8,12,14-15H2,1-4H3,(H2,24,25,27);1H. The van der Waals surface area contributed by atoms with E-state index in [0.717, 1.165) is 54.7 Å². The molecule has 1 unspecified atom stereocenters. The second-order valence-electron chi connectivity index (χ2n) is 7.67. The Bertz CT molecular complexity index is 857. The van der Waals surface area contributed by atoms with E-state index in [2.05, 4.69) is 25.5 Å². The molecule has 164 valence electrons. The van der Waals surface area contributed by atoms with Gasteiger partial charge in [-0.25, -0.2) is 9.37 Å². The van der Waals surface area contributed by atoms with Crippen molar-refractivity contribution < 1.29 is 4.39 Å². The lowest BCUT2D eigenvalue weighted by Crippen LogP contribution is -2.51. The fraction of sp³-hybridized carbons (Fsp3) is 0.455. The molecule has 0 amide bonds. The molecule has 8 heteroatoms. The summed E-state index contributed by atoms with van der Waals surface area (Å²) in [6, 6.07) is 11.3. The van der Waals surface area contributed by atoms with E-state index in [1.165, 1.54) is 6.07 Å². The zero-order valence-corrected chi connectivity index (χ0v) is 20.5. The largest absolute Gasteiger partial charge is 0.369 e. The molecule has 2 N–H and O–H groups in total. The van der Waals surface area contributed by atoms with Crippen LogP contribution in [0.5, 0.6) is 0 Å². The van der Waals surface area contributed by atoms with Gasteiger partial charge in [-0.1, -0.05) is 6.07 Å². The summed E-state index contributed by atoms with van der Waals surface area (Å²) in [6.07, 6.45) is 2.16. The lowest BCUT2D eigenvalue weighted by Gasteiger charge is -2.36. The SMILES string of the molecule is CN=C(NCc1cccc(N(C)C)n1)NC1CCCN(c2ccc(F)cc2C)C1.I. The Morgan fingerprint density at radius 1 is 1.30 bits per heavy atom. The minimum Gasteiger partial charge on any atom is -0.369 e. The smallest absolute Gasteiger partial charge is 0.191 e. The number of aromatic nitrogens is 1. The minimum atomic E-state index is -0.186.